The molecule has 0 spiro atoms. The first-order valence-corrected chi connectivity index (χ1v) is 11.5. The molecule has 1 unspecified atom stereocenters. The van der Waals surface area contributed by atoms with Gasteiger partial charge >= 0.3 is 5.97 Å². The molecule has 1 aliphatic rings. The van der Waals surface area contributed by atoms with Crippen LogP contribution >= 0.6 is 11.6 Å². The van der Waals surface area contributed by atoms with E-state index in [9.17, 15) is 14.3 Å². The summed E-state index contributed by atoms with van der Waals surface area (Å²) in [5.41, 5.74) is 5.96. The predicted molar refractivity (Wildman–Crippen MR) is 137 cm³/mol. The molecule has 6 heteroatoms. The number of rotatable bonds is 5. The Morgan fingerprint density at radius 2 is 1.80 bits per heavy atom. The highest BCUT2D eigenvalue weighted by molar-refractivity contribution is 6.31. The summed E-state index contributed by atoms with van der Waals surface area (Å²) in [5.74, 6) is -1.49. The number of aliphatic carboxylic acids is 1. The molecule has 0 radical (unpaired) electrons. The van der Waals surface area contributed by atoms with Crippen LogP contribution in [0.5, 0.6) is 0 Å². The van der Waals surface area contributed by atoms with Crippen LogP contribution in [0.3, 0.4) is 0 Å². The summed E-state index contributed by atoms with van der Waals surface area (Å²) in [6, 6.07) is 20.3. The Hall–Kier alpha value is -3.80. The van der Waals surface area contributed by atoms with Crippen LogP contribution in [0, 0.1) is 5.82 Å². The van der Waals surface area contributed by atoms with Crippen molar-refractivity contribution in [2.45, 2.75) is 19.1 Å². The fourth-order valence-corrected chi connectivity index (χ4v) is 4.30. The summed E-state index contributed by atoms with van der Waals surface area (Å²) < 4.78 is 19.8. The number of carboxylic acids is 1. The van der Waals surface area contributed by atoms with Gasteiger partial charge in [-0.05, 0) is 65.1 Å². The Balaban J connectivity index is 1.52. The zero-order valence-electron chi connectivity index (χ0n) is 18.8. The fourth-order valence-electron chi connectivity index (χ4n) is 4.14. The molecule has 1 N–H and O–H groups in total. The van der Waals surface area contributed by atoms with Crippen LogP contribution in [-0.2, 0) is 9.53 Å². The monoisotopic (exact) mass is 485 g/mol. The molecule has 35 heavy (non-hydrogen) atoms. The summed E-state index contributed by atoms with van der Waals surface area (Å²) in [6.07, 6.45) is 6.32. The summed E-state index contributed by atoms with van der Waals surface area (Å²) in [5, 5.41) is 10.2. The van der Waals surface area contributed by atoms with Crippen LogP contribution in [0.2, 0.25) is 5.02 Å². The number of nitrogens with zero attached hydrogens (tertiary/aromatic N) is 1. The van der Waals surface area contributed by atoms with E-state index in [-0.39, 0.29) is 5.02 Å². The maximum atomic E-state index is 13.7. The normalized spacial score (nSPS) is 15.6. The molecule has 0 saturated carbocycles. The molecule has 4 aromatic rings. The molecule has 0 amide bonds. The van der Waals surface area contributed by atoms with E-state index in [2.05, 4.69) is 4.98 Å². The third-order valence-corrected chi connectivity index (χ3v) is 6.29. The molecule has 1 aliphatic carbocycles. The zero-order valence-corrected chi connectivity index (χ0v) is 19.5. The van der Waals surface area contributed by atoms with Gasteiger partial charge in [-0.15, -0.1) is 0 Å². The van der Waals surface area contributed by atoms with Gasteiger partial charge in [-0.2, -0.15) is 0 Å². The molecule has 0 aliphatic heterocycles. The van der Waals surface area contributed by atoms with Crippen LogP contribution in [0.25, 0.3) is 35.2 Å². The lowest BCUT2D eigenvalue weighted by Crippen LogP contribution is -2.23. The molecule has 0 saturated heterocycles. The van der Waals surface area contributed by atoms with Gasteiger partial charge in [0, 0.05) is 5.39 Å². The third kappa shape index (κ3) is 4.74. The number of hydrogen-bond donors (Lipinski definition) is 1. The lowest BCUT2D eigenvalue weighted by Gasteiger charge is -2.23. The first-order chi connectivity index (χ1) is 16.9. The Morgan fingerprint density at radius 3 is 2.60 bits per heavy atom. The van der Waals surface area contributed by atoms with Crippen molar-refractivity contribution in [2.75, 3.05) is 0 Å². The minimum Gasteiger partial charge on any atom is -0.479 e. The van der Waals surface area contributed by atoms with Gasteiger partial charge in [0.15, 0.2) is 6.10 Å². The first-order valence-electron chi connectivity index (χ1n) is 11.1. The molecule has 2 atom stereocenters. The van der Waals surface area contributed by atoms with Gasteiger partial charge in [0.05, 0.1) is 16.2 Å². The quantitative estimate of drug-likeness (QED) is 0.323. The van der Waals surface area contributed by atoms with Crippen molar-refractivity contribution in [1.82, 2.24) is 4.98 Å². The van der Waals surface area contributed by atoms with E-state index in [0.717, 1.165) is 27.8 Å². The smallest absolute Gasteiger partial charge is 0.332 e. The summed E-state index contributed by atoms with van der Waals surface area (Å²) >= 11 is 5.91. The zero-order chi connectivity index (χ0) is 24.5. The molecule has 4 nitrogen and oxygen atoms in total. The largest absolute Gasteiger partial charge is 0.479 e. The lowest BCUT2D eigenvalue weighted by atomic mass is 9.94. The van der Waals surface area contributed by atoms with Crippen molar-refractivity contribution < 1.29 is 19.0 Å². The second kappa shape index (κ2) is 9.45. The maximum absolute atomic E-state index is 13.7. The highest BCUT2D eigenvalue weighted by atomic mass is 35.5. The van der Waals surface area contributed by atoms with E-state index < -0.39 is 24.0 Å². The van der Waals surface area contributed by atoms with E-state index in [1.54, 1.807) is 6.07 Å². The minimum absolute atomic E-state index is 0.0341. The van der Waals surface area contributed by atoms with Crippen LogP contribution < -0.4 is 0 Å². The fraction of sp³-hybridized carbons (Fsp3) is 0.103. The topological polar surface area (TPSA) is 59.4 Å². The van der Waals surface area contributed by atoms with E-state index in [1.807, 2.05) is 72.8 Å². The molecule has 0 bridgehead atoms. The number of pyridine rings is 1. The van der Waals surface area contributed by atoms with E-state index in [4.69, 9.17) is 16.3 Å². The van der Waals surface area contributed by atoms with Crippen LogP contribution in [-0.4, -0.2) is 22.2 Å². The molecule has 5 rings (SSSR count). The Bertz CT molecular complexity index is 1510. The number of fused-ring (bicyclic) bond motifs is 3. The van der Waals surface area contributed by atoms with Crippen molar-refractivity contribution >= 4 is 52.8 Å². The third-order valence-electron chi connectivity index (χ3n) is 6.00. The second-order valence-electron chi connectivity index (χ2n) is 8.38. The van der Waals surface area contributed by atoms with Crippen molar-refractivity contribution in [3.05, 3.63) is 111 Å². The SMILES string of the molecule is C[C@H](OC1c2ccccc2C=Cc2ccc(C=Cc3ccc4cc(F)c(Cl)cc4n3)cc21)C(=O)O. The summed E-state index contributed by atoms with van der Waals surface area (Å²) in [4.78, 5) is 16.1. The van der Waals surface area contributed by atoms with Gasteiger partial charge in [0.2, 0.25) is 0 Å². The number of benzene rings is 3. The van der Waals surface area contributed by atoms with Crippen molar-refractivity contribution in [3.63, 3.8) is 0 Å². The first kappa shape index (κ1) is 23.0. The molecule has 1 heterocycles. The molecule has 0 fully saturated rings. The standard InChI is InChI=1S/C29H21ClFNO3/c1-17(29(33)34)35-28-23-5-3-2-4-19(23)9-10-20-8-6-18(14-24(20)28)7-12-22-13-11-21-15-26(31)25(30)16-27(21)32-22/h2-17,28H,1H3,(H,33,34)/t17-,28?/m0/s1. The number of aromatic nitrogens is 1. The summed E-state index contributed by atoms with van der Waals surface area (Å²) in [6.45, 7) is 1.54. The average molecular weight is 486 g/mol. The van der Waals surface area contributed by atoms with Crippen molar-refractivity contribution in [3.8, 4) is 0 Å². The van der Waals surface area contributed by atoms with Gasteiger partial charge in [0.25, 0.3) is 0 Å². The second-order valence-corrected chi connectivity index (χ2v) is 8.78. The van der Waals surface area contributed by atoms with Gasteiger partial charge in [-0.3, -0.25) is 0 Å². The molecule has 174 valence electrons. The van der Waals surface area contributed by atoms with Gasteiger partial charge < -0.3 is 9.84 Å². The van der Waals surface area contributed by atoms with Crippen molar-refractivity contribution in [1.29, 1.82) is 0 Å². The molecular weight excluding hydrogens is 465 g/mol. The van der Waals surface area contributed by atoms with Crippen LogP contribution in [0.15, 0.2) is 66.7 Å². The highest BCUT2D eigenvalue weighted by Gasteiger charge is 2.26. The summed E-state index contributed by atoms with van der Waals surface area (Å²) in [7, 11) is 0. The van der Waals surface area contributed by atoms with Crippen LogP contribution in [0.1, 0.15) is 46.5 Å². The van der Waals surface area contributed by atoms with Crippen molar-refractivity contribution in [2.24, 2.45) is 0 Å². The van der Waals surface area contributed by atoms with Gasteiger partial charge in [-0.25, -0.2) is 14.2 Å². The Kier molecular flexibility index (Phi) is 6.20. The Labute approximate surface area is 207 Å². The molecule has 3 aromatic carbocycles. The highest BCUT2D eigenvalue weighted by Crippen LogP contribution is 2.37. The molecular formula is C29H21ClFNO3. The maximum Gasteiger partial charge on any atom is 0.332 e. The van der Waals surface area contributed by atoms with Gasteiger partial charge in [0.1, 0.15) is 11.9 Å². The number of hydrogen-bond acceptors (Lipinski definition) is 3. The number of halogens is 2. The number of ether oxygens (including phenoxy) is 1. The average Bonchev–Trinajstić information content (AvgIpc) is 3.00. The molecule has 1 aromatic heterocycles. The van der Waals surface area contributed by atoms with E-state index in [0.29, 0.717) is 16.6 Å². The van der Waals surface area contributed by atoms with E-state index in [1.165, 1.54) is 19.1 Å². The number of carboxylic acid groups (broad SMARTS) is 1. The Morgan fingerprint density at radius 1 is 1.03 bits per heavy atom. The number of carbonyl (C=O) groups is 1. The van der Waals surface area contributed by atoms with E-state index >= 15 is 0 Å². The minimum atomic E-state index is -1.01. The lowest BCUT2D eigenvalue weighted by molar-refractivity contribution is -0.151. The van der Waals surface area contributed by atoms with Crippen LogP contribution in [0.4, 0.5) is 4.39 Å². The predicted octanol–water partition coefficient (Wildman–Crippen LogP) is 7.26. The van der Waals surface area contributed by atoms with Gasteiger partial charge in [-0.1, -0.05) is 72.3 Å².